The predicted molar refractivity (Wildman–Crippen MR) is 137 cm³/mol. The van der Waals surface area contributed by atoms with Gasteiger partial charge in [-0.1, -0.05) is 30.4 Å². The molecule has 0 atom stereocenters. The number of allylic oxidation sites excluding steroid dienone is 6. The van der Waals surface area contributed by atoms with Crippen LogP contribution in [0.2, 0.25) is 0 Å². The summed E-state index contributed by atoms with van der Waals surface area (Å²) in [7, 11) is -8.03. The van der Waals surface area contributed by atoms with Gasteiger partial charge in [-0.2, -0.15) is 16.8 Å². The van der Waals surface area contributed by atoms with Crippen LogP contribution in [-0.4, -0.2) is 61.4 Å². The van der Waals surface area contributed by atoms with Crippen molar-refractivity contribution in [3.05, 3.63) is 65.4 Å². The van der Waals surface area contributed by atoms with Gasteiger partial charge in [-0.3, -0.25) is 14.1 Å². The summed E-state index contributed by atoms with van der Waals surface area (Å²) in [5.41, 5.74) is 4.05. The third-order valence-corrected chi connectivity index (χ3v) is 6.52. The molecule has 190 valence electrons. The highest BCUT2D eigenvalue weighted by atomic mass is 32.2. The Bertz CT molecular complexity index is 1140. The topological polar surface area (TPSA) is 145 Å². The summed E-state index contributed by atoms with van der Waals surface area (Å²) >= 11 is 0. The molecule has 0 saturated carbocycles. The summed E-state index contributed by atoms with van der Waals surface area (Å²) in [6, 6.07) is 5.55. The monoisotopic (exact) mass is 514 g/mol. The standard InChI is InChI=1S/C23H34N2O7S2/c1-19(24-14-8-16-33(27,28)29)10-5-4-6-11-20(2)25(15-9-17-34(30,31)32)23-13-7-12-22(18-26)21(23)3/h4-7,10-13,26H,8-9,14-18H2,1-3H3,(H,27,28,29)(H,30,31,32)/b6-4+,10-5+,20-11+,24-19-. The van der Waals surface area contributed by atoms with Crippen molar-refractivity contribution in [1.29, 1.82) is 0 Å². The van der Waals surface area contributed by atoms with Gasteiger partial charge in [-0.25, -0.2) is 0 Å². The van der Waals surface area contributed by atoms with Crippen molar-refractivity contribution >= 4 is 31.6 Å². The summed E-state index contributed by atoms with van der Waals surface area (Å²) in [5.74, 6) is -0.671. The largest absolute Gasteiger partial charge is 0.392 e. The van der Waals surface area contributed by atoms with E-state index in [1.807, 2.05) is 49.1 Å². The lowest BCUT2D eigenvalue weighted by molar-refractivity contribution is 0.281. The van der Waals surface area contributed by atoms with Gasteiger partial charge in [0, 0.05) is 30.2 Å². The third-order valence-electron chi connectivity index (χ3n) is 4.91. The van der Waals surface area contributed by atoms with E-state index < -0.39 is 20.2 Å². The second kappa shape index (κ2) is 14.2. The van der Waals surface area contributed by atoms with Crippen LogP contribution in [0.4, 0.5) is 5.69 Å². The van der Waals surface area contributed by atoms with E-state index in [4.69, 9.17) is 9.11 Å². The molecular weight excluding hydrogens is 480 g/mol. The van der Waals surface area contributed by atoms with Crippen LogP contribution in [0.25, 0.3) is 0 Å². The van der Waals surface area contributed by atoms with Crippen LogP contribution < -0.4 is 4.90 Å². The fourth-order valence-electron chi connectivity index (χ4n) is 3.12. The molecule has 0 aliphatic heterocycles. The smallest absolute Gasteiger partial charge is 0.264 e. The lowest BCUT2D eigenvalue weighted by Gasteiger charge is -2.28. The maximum absolute atomic E-state index is 11.1. The minimum absolute atomic E-state index is 0.108. The van der Waals surface area contributed by atoms with Gasteiger partial charge in [0.25, 0.3) is 20.2 Å². The van der Waals surface area contributed by atoms with E-state index in [2.05, 4.69) is 4.99 Å². The Balaban J connectivity index is 2.92. The number of rotatable bonds is 14. The van der Waals surface area contributed by atoms with Crippen LogP contribution in [0.3, 0.4) is 0 Å². The number of benzene rings is 1. The molecular formula is C23H34N2O7S2. The Labute approximate surface area is 202 Å². The molecule has 0 aliphatic rings. The number of nitrogens with zero attached hydrogens (tertiary/aromatic N) is 2. The van der Waals surface area contributed by atoms with Crippen molar-refractivity contribution in [1.82, 2.24) is 0 Å². The van der Waals surface area contributed by atoms with E-state index in [9.17, 15) is 21.9 Å². The maximum Gasteiger partial charge on any atom is 0.264 e. The van der Waals surface area contributed by atoms with Gasteiger partial charge in [0.2, 0.25) is 0 Å². The molecule has 0 spiro atoms. The highest BCUT2D eigenvalue weighted by molar-refractivity contribution is 7.86. The molecule has 0 saturated heterocycles. The average molecular weight is 515 g/mol. The number of anilines is 1. The minimum Gasteiger partial charge on any atom is -0.392 e. The van der Waals surface area contributed by atoms with Crippen LogP contribution in [0.5, 0.6) is 0 Å². The molecule has 1 rings (SSSR count). The fourth-order valence-corrected chi connectivity index (χ4v) is 4.11. The molecule has 34 heavy (non-hydrogen) atoms. The number of aliphatic hydroxyl groups is 1. The van der Waals surface area contributed by atoms with Crippen LogP contribution in [0.1, 0.15) is 37.8 Å². The second-order valence-electron chi connectivity index (χ2n) is 7.73. The van der Waals surface area contributed by atoms with E-state index in [-0.39, 0.29) is 31.0 Å². The Kier molecular flexibility index (Phi) is 12.4. The van der Waals surface area contributed by atoms with Gasteiger partial charge in [-0.05, 0) is 63.0 Å². The first-order valence-corrected chi connectivity index (χ1v) is 14.0. The van der Waals surface area contributed by atoms with Crippen molar-refractivity contribution < 1.29 is 31.0 Å². The zero-order valence-electron chi connectivity index (χ0n) is 19.8. The Morgan fingerprint density at radius 2 is 1.65 bits per heavy atom. The van der Waals surface area contributed by atoms with Crippen molar-refractivity contribution in [2.75, 3.05) is 29.5 Å². The first-order chi connectivity index (χ1) is 15.8. The van der Waals surface area contributed by atoms with Crippen LogP contribution in [0, 0.1) is 6.92 Å². The molecule has 0 unspecified atom stereocenters. The molecule has 9 nitrogen and oxygen atoms in total. The van der Waals surface area contributed by atoms with E-state index in [0.29, 0.717) is 18.8 Å². The number of aliphatic imine (C=N–C) groups is 1. The van der Waals surface area contributed by atoms with Gasteiger partial charge in [0.05, 0.1) is 18.1 Å². The molecule has 0 bridgehead atoms. The zero-order chi connectivity index (χ0) is 25.8. The second-order valence-corrected chi connectivity index (χ2v) is 10.9. The summed E-state index contributed by atoms with van der Waals surface area (Å²) in [4.78, 5) is 6.15. The van der Waals surface area contributed by atoms with E-state index in [0.717, 1.165) is 22.5 Å². The zero-order valence-corrected chi connectivity index (χ0v) is 21.4. The van der Waals surface area contributed by atoms with Gasteiger partial charge in [-0.15, -0.1) is 0 Å². The Hall–Kier alpha value is -2.31. The van der Waals surface area contributed by atoms with Crippen molar-refractivity contribution in [2.24, 2.45) is 4.99 Å². The average Bonchev–Trinajstić information content (AvgIpc) is 2.73. The number of aliphatic hydroxyl groups excluding tert-OH is 1. The van der Waals surface area contributed by atoms with Crippen LogP contribution in [-0.2, 0) is 26.8 Å². The Morgan fingerprint density at radius 3 is 2.26 bits per heavy atom. The molecule has 0 aromatic heterocycles. The minimum atomic E-state index is -4.06. The van der Waals surface area contributed by atoms with E-state index >= 15 is 0 Å². The van der Waals surface area contributed by atoms with Gasteiger partial charge < -0.3 is 10.0 Å². The van der Waals surface area contributed by atoms with Gasteiger partial charge in [0.1, 0.15) is 0 Å². The van der Waals surface area contributed by atoms with Crippen molar-refractivity contribution in [3.63, 3.8) is 0 Å². The fraction of sp³-hybridized carbons (Fsp3) is 0.435. The molecule has 1 aromatic rings. The highest BCUT2D eigenvalue weighted by Crippen LogP contribution is 2.27. The van der Waals surface area contributed by atoms with Gasteiger partial charge >= 0.3 is 0 Å². The third kappa shape index (κ3) is 12.2. The van der Waals surface area contributed by atoms with Crippen LogP contribution >= 0.6 is 0 Å². The first-order valence-electron chi connectivity index (χ1n) is 10.7. The van der Waals surface area contributed by atoms with Crippen molar-refractivity contribution in [2.45, 2.75) is 40.2 Å². The SMILES string of the molecule is CC(/C=C/C=C/C=C(\C)N(CCCS(=O)(=O)O)c1cccc(CO)c1C)=N/CCCS(=O)(=O)O. The molecule has 0 aliphatic carbocycles. The molecule has 3 N–H and O–H groups in total. The number of hydrogen-bond acceptors (Lipinski definition) is 7. The Morgan fingerprint density at radius 1 is 1.00 bits per heavy atom. The van der Waals surface area contributed by atoms with E-state index in [1.165, 1.54) is 0 Å². The predicted octanol–water partition coefficient (Wildman–Crippen LogP) is 3.33. The van der Waals surface area contributed by atoms with E-state index in [1.54, 1.807) is 25.2 Å². The lowest BCUT2D eigenvalue weighted by atomic mass is 10.1. The lowest BCUT2D eigenvalue weighted by Crippen LogP contribution is -2.25. The van der Waals surface area contributed by atoms with Crippen LogP contribution in [0.15, 0.2) is 59.3 Å². The molecule has 0 heterocycles. The molecule has 0 fully saturated rings. The maximum atomic E-state index is 11.1. The van der Waals surface area contributed by atoms with Crippen molar-refractivity contribution in [3.8, 4) is 0 Å². The quantitative estimate of drug-likeness (QED) is 0.148. The molecule has 1 aromatic carbocycles. The highest BCUT2D eigenvalue weighted by Gasteiger charge is 2.14. The summed E-state index contributed by atoms with van der Waals surface area (Å²) in [6.45, 7) is 6.10. The summed E-state index contributed by atoms with van der Waals surface area (Å²) in [5, 5.41) is 9.58. The van der Waals surface area contributed by atoms with Gasteiger partial charge in [0.15, 0.2) is 0 Å². The molecule has 0 radical (unpaired) electrons. The molecule has 11 heteroatoms. The molecule has 0 amide bonds. The summed E-state index contributed by atoms with van der Waals surface area (Å²) in [6.07, 6.45) is 9.50. The first kappa shape index (κ1) is 29.7. The summed E-state index contributed by atoms with van der Waals surface area (Å²) < 4.78 is 61.4. The number of hydrogen-bond donors (Lipinski definition) is 3. The normalized spacial score (nSPS) is 13.8.